The molecule has 0 radical (unpaired) electrons. The second-order valence-electron chi connectivity index (χ2n) is 4.20. The number of carboxylic acids is 1. The van der Waals surface area contributed by atoms with Gasteiger partial charge in [-0.2, -0.15) is 0 Å². The molecule has 2 atom stereocenters. The molecular formula is C12H11Cl2NO3S. The SMILES string of the molecule is O=C(O)[C@@H]1CS[C@@H](Cc2cc(Cl)cc(Cl)c2)C(=O)N1. The zero-order valence-electron chi connectivity index (χ0n) is 9.73. The zero-order chi connectivity index (χ0) is 14.0. The molecule has 0 spiro atoms. The Morgan fingerprint density at radius 3 is 2.53 bits per heavy atom. The molecule has 7 heteroatoms. The van der Waals surface area contributed by atoms with Gasteiger partial charge in [-0.1, -0.05) is 23.2 Å². The Kier molecular flexibility index (Phi) is 4.60. The third-order valence-corrected chi connectivity index (χ3v) is 4.46. The summed E-state index contributed by atoms with van der Waals surface area (Å²) in [7, 11) is 0. The first-order valence-corrected chi connectivity index (χ1v) is 7.36. The predicted octanol–water partition coefficient (Wildman–Crippen LogP) is 2.22. The fourth-order valence-electron chi connectivity index (χ4n) is 1.82. The summed E-state index contributed by atoms with van der Waals surface area (Å²) >= 11 is 13.1. The van der Waals surface area contributed by atoms with Gasteiger partial charge in [-0.3, -0.25) is 4.79 Å². The van der Waals surface area contributed by atoms with E-state index in [4.69, 9.17) is 28.3 Å². The molecule has 1 amide bonds. The van der Waals surface area contributed by atoms with E-state index >= 15 is 0 Å². The summed E-state index contributed by atoms with van der Waals surface area (Å²) in [4.78, 5) is 22.6. The molecule has 2 N–H and O–H groups in total. The first kappa shape index (κ1) is 14.5. The number of carbonyl (C=O) groups is 2. The maximum Gasteiger partial charge on any atom is 0.327 e. The van der Waals surface area contributed by atoms with E-state index in [1.807, 2.05) is 0 Å². The van der Waals surface area contributed by atoms with Crippen LogP contribution < -0.4 is 5.32 Å². The summed E-state index contributed by atoms with van der Waals surface area (Å²) in [5.41, 5.74) is 0.860. The van der Waals surface area contributed by atoms with Crippen molar-refractivity contribution in [2.45, 2.75) is 17.7 Å². The van der Waals surface area contributed by atoms with Crippen LogP contribution >= 0.6 is 35.0 Å². The van der Waals surface area contributed by atoms with E-state index in [1.54, 1.807) is 18.2 Å². The quantitative estimate of drug-likeness (QED) is 0.896. The fraction of sp³-hybridized carbons (Fsp3) is 0.333. The summed E-state index contributed by atoms with van der Waals surface area (Å²) in [5.74, 6) is -0.912. The summed E-state index contributed by atoms with van der Waals surface area (Å²) in [6, 6.07) is 4.33. The number of benzene rings is 1. The summed E-state index contributed by atoms with van der Waals surface area (Å²) in [6.45, 7) is 0. The van der Waals surface area contributed by atoms with Gasteiger partial charge in [0.25, 0.3) is 0 Å². The first-order valence-electron chi connectivity index (χ1n) is 5.55. The van der Waals surface area contributed by atoms with Crippen LogP contribution in [0.25, 0.3) is 0 Å². The van der Waals surface area contributed by atoms with E-state index in [0.717, 1.165) is 5.56 Å². The van der Waals surface area contributed by atoms with Gasteiger partial charge in [-0.05, 0) is 30.2 Å². The Morgan fingerprint density at radius 2 is 2.00 bits per heavy atom. The molecule has 4 nitrogen and oxygen atoms in total. The number of nitrogens with one attached hydrogen (secondary N) is 1. The molecule has 0 saturated carbocycles. The van der Waals surface area contributed by atoms with Gasteiger partial charge in [0, 0.05) is 15.8 Å². The molecule has 1 saturated heterocycles. The number of amides is 1. The van der Waals surface area contributed by atoms with Crippen LogP contribution in [-0.2, 0) is 16.0 Å². The van der Waals surface area contributed by atoms with Crippen molar-refractivity contribution in [3.8, 4) is 0 Å². The zero-order valence-corrected chi connectivity index (χ0v) is 12.1. The highest BCUT2D eigenvalue weighted by Gasteiger charge is 2.32. The average Bonchev–Trinajstić information content (AvgIpc) is 2.30. The van der Waals surface area contributed by atoms with E-state index in [9.17, 15) is 9.59 Å². The highest BCUT2D eigenvalue weighted by molar-refractivity contribution is 8.00. The van der Waals surface area contributed by atoms with Crippen LogP contribution in [-0.4, -0.2) is 34.0 Å². The van der Waals surface area contributed by atoms with E-state index in [0.29, 0.717) is 22.2 Å². The Morgan fingerprint density at radius 1 is 1.37 bits per heavy atom. The Labute approximate surface area is 124 Å². The number of rotatable bonds is 3. The van der Waals surface area contributed by atoms with Gasteiger partial charge in [0.1, 0.15) is 6.04 Å². The van der Waals surface area contributed by atoms with Crippen LogP contribution in [0.3, 0.4) is 0 Å². The number of carbonyl (C=O) groups excluding carboxylic acids is 1. The van der Waals surface area contributed by atoms with Crippen LogP contribution in [0, 0.1) is 0 Å². The van der Waals surface area contributed by atoms with E-state index in [2.05, 4.69) is 5.32 Å². The van der Waals surface area contributed by atoms with E-state index in [1.165, 1.54) is 11.8 Å². The highest BCUT2D eigenvalue weighted by atomic mass is 35.5. The maximum atomic E-state index is 11.8. The minimum absolute atomic E-state index is 0.264. The van der Waals surface area contributed by atoms with Gasteiger partial charge in [0.05, 0.1) is 5.25 Å². The van der Waals surface area contributed by atoms with Crippen LogP contribution in [0.15, 0.2) is 18.2 Å². The van der Waals surface area contributed by atoms with Crippen LogP contribution in [0.2, 0.25) is 10.0 Å². The Bertz CT molecular complexity index is 503. The number of hydrogen-bond donors (Lipinski definition) is 2. The molecule has 0 unspecified atom stereocenters. The Hall–Kier alpha value is -0.910. The van der Waals surface area contributed by atoms with Gasteiger partial charge in [0.15, 0.2) is 0 Å². The first-order chi connectivity index (χ1) is 8.95. The van der Waals surface area contributed by atoms with Gasteiger partial charge in [0.2, 0.25) is 5.91 Å². The van der Waals surface area contributed by atoms with Gasteiger partial charge in [-0.25, -0.2) is 4.79 Å². The second kappa shape index (κ2) is 6.03. The lowest BCUT2D eigenvalue weighted by atomic mass is 10.1. The van der Waals surface area contributed by atoms with Crippen molar-refractivity contribution < 1.29 is 14.7 Å². The van der Waals surface area contributed by atoms with E-state index < -0.39 is 12.0 Å². The molecule has 0 bridgehead atoms. The van der Waals surface area contributed by atoms with Crippen molar-refractivity contribution >= 4 is 46.8 Å². The topological polar surface area (TPSA) is 66.4 Å². The van der Waals surface area contributed by atoms with Gasteiger partial charge in [-0.15, -0.1) is 11.8 Å². The lowest BCUT2D eigenvalue weighted by Crippen LogP contribution is -2.51. The summed E-state index contributed by atoms with van der Waals surface area (Å²) in [6.07, 6.45) is 0.475. The molecule has 1 heterocycles. The smallest absolute Gasteiger partial charge is 0.327 e. The van der Waals surface area contributed by atoms with Crippen LogP contribution in [0.4, 0.5) is 0 Å². The molecule has 0 aliphatic carbocycles. The molecule has 0 aromatic heterocycles. The van der Waals surface area contributed by atoms with Crippen LogP contribution in [0.5, 0.6) is 0 Å². The highest BCUT2D eigenvalue weighted by Crippen LogP contribution is 2.25. The van der Waals surface area contributed by atoms with Crippen molar-refractivity contribution in [1.29, 1.82) is 0 Å². The molecule has 1 aromatic rings. The molecule has 19 heavy (non-hydrogen) atoms. The fourth-order valence-corrected chi connectivity index (χ4v) is 3.57. The average molecular weight is 320 g/mol. The minimum atomic E-state index is -1.01. The third kappa shape index (κ3) is 3.78. The monoisotopic (exact) mass is 319 g/mol. The minimum Gasteiger partial charge on any atom is -0.480 e. The summed E-state index contributed by atoms with van der Waals surface area (Å²) in [5, 5.41) is 12.1. The maximum absolute atomic E-state index is 11.8. The standard InChI is InChI=1S/C12H11Cl2NO3S/c13-7-1-6(2-8(14)4-7)3-10-11(16)15-9(5-19-10)12(17)18/h1-2,4,9-10H,3,5H2,(H,15,16)(H,17,18)/t9-,10-/m0/s1. The van der Waals surface area contributed by atoms with Crippen molar-refractivity contribution in [1.82, 2.24) is 5.32 Å². The summed E-state index contributed by atoms with van der Waals surface area (Å²) < 4.78 is 0. The molecule has 1 fully saturated rings. The lowest BCUT2D eigenvalue weighted by molar-refractivity contribution is -0.141. The van der Waals surface area contributed by atoms with E-state index in [-0.39, 0.29) is 11.2 Å². The third-order valence-electron chi connectivity index (χ3n) is 2.71. The molecule has 1 aromatic carbocycles. The number of aliphatic carboxylic acids is 1. The predicted molar refractivity (Wildman–Crippen MR) is 76.0 cm³/mol. The number of carboxylic acid groups (broad SMARTS) is 1. The lowest BCUT2D eigenvalue weighted by Gasteiger charge is -2.26. The number of thioether (sulfide) groups is 1. The van der Waals surface area contributed by atoms with Gasteiger partial charge >= 0.3 is 5.97 Å². The Balaban J connectivity index is 2.04. The van der Waals surface area contributed by atoms with Crippen molar-refractivity contribution in [2.75, 3.05) is 5.75 Å². The largest absolute Gasteiger partial charge is 0.480 e. The molecule has 1 aliphatic heterocycles. The van der Waals surface area contributed by atoms with Crippen molar-refractivity contribution in [3.05, 3.63) is 33.8 Å². The van der Waals surface area contributed by atoms with Crippen molar-refractivity contribution in [2.24, 2.45) is 0 Å². The normalized spacial score (nSPS) is 22.9. The van der Waals surface area contributed by atoms with Gasteiger partial charge < -0.3 is 10.4 Å². The van der Waals surface area contributed by atoms with Crippen molar-refractivity contribution in [3.63, 3.8) is 0 Å². The molecular weight excluding hydrogens is 309 g/mol. The molecule has 102 valence electrons. The number of halogens is 2. The molecule has 2 rings (SSSR count). The van der Waals surface area contributed by atoms with Crippen LogP contribution in [0.1, 0.15) is 5.56 Å². The molecule has 1 aliphatic rings. The number of hydrogen-bond acceptors (Lipinski definition) is 3. The second-order valence-corrected chi connectivity index (χ2v) is 6.31.